The van der Waals surface area contributed by atoms with E-state index < -0.39 is 6.04 Å². The van der Waals surface area contributed by atoms with Gasteiger partial charge < -0.3 is 10.3 Å². The lowest BCUT2D eigenvalue weighted by Gasteiger charge is -2.13. The van der Waals surface area contributed by atoms with Crippen LogP contribution in [-0.2, 0) is 11.2 Å². The number of amides is 1. The van der Waals surface area contributed by atoms with Crippen LogP contribution < -0.4 is 10.9 Å². The molecule has 2 heterocycles. The van der Waals surface area contributed by atoms with Crippen molar-refractivity contribution < 1.29 is 4.79 Å². The van der Waals surface area contributed by atoms with Crippen molar-refractivity contribution in [2.45, 2.75) is 19.4 Å². The number of fused-ring (bicyclic) bond motifs is 1. The van der Waals surface area contributed by atoms with Crippen LogP contribution in [0.4, 0.5) is 0 Å². The Morgan fingerprint density at radius 3 is 3.00 bits per heavy atom. The van der Waals surface area contributed by atoms with Gasteiger partial charge in [-0.15, -0.1) is 5.10 Å². The Morgan fingerprint density at radius 1 is 1.39 bits per heavy atom. The highest BCUT2D eigenvalue weighted by Crippen LogP contribution is 2.06. The molecule has 0 saturated carbocycles. The monoisotopic (exact) mass is 312 g/mol. The fourth-order valence-corrected chi connectivity index (χ4v) is 2.26. The lowest BCUT2D eigenvalue weighted by atomic mass is 10.2. The molecule has 0 radical (unpaired) electrons. The largest absolute Gasteiger partial charge is 0.354 e. The number of benzene rings is 1. The van der Waals surface area contributed by atoms with E-state index in [9.17, 15) is 9.59 Å². The van der Waals surface area contributed by atoms with E-state index >= 15 is 0 Å². The quantitative estimate of drug-likeness (QED) is 0.711. The average Bonchev–Trinajstić information content (AvgIpc) is 3.08. The molecule has 0 bridgehead atoms. The molecule has 1 aromatic carbocycles. The summed E-state index contributed by atoms with van der Waals surface area (Å²) in [5.74, 6) is -0.281. The van der Waals surface area contributed by atoms with Crippen LogP contribution in [0.15, 0.2) is 41.6 Å². The lowest BCUT2D eigenvalue weighted by molar-refractivity contribution is -0.124. The summed E-state index contributed by atoms with van der Waals surface area (Å²) in [7, 11) is 0. The smallest absolute Gasteiger partial charge is 0.278 e. The number of hydrogen-bond donors (Lipinski definition) is 2. The summed E-state index contributed by atoms with van der Waals surface area (Å²) < 4.78 is 1.11. The van der Waals surface area contributed by atoms with Crippen molar-refractivity contribution in [1.82, 2.24) is 30.3 Å². The molecule has 1 atom stereocenters. The molecule has 0 aliphatic rings. The number of imidazole rings is 1. The van der Waals surface area contributed by atoms with Crippen molar-refractivity contribution in [3.63, 3.8) is 0 Å². The first-order chi connectivity index (χ1) is 11.2. The lowest BCUT2D eigenvalue weighted by Crippen LogP contribution is -2.38. The normalized spacial score (nSPS) is 12.2. The maximum atomic E-state index is 12.4. The predicted molar refractivity (Wildman–Crippen MR) is 83.8 cm³/mol. The summed E-state index contributed by atoms with van der Waals surface area (Å²) in [6.45, 7) is 2.07. The van der Waals surface area contributed by atoms with Crippen LogP contribution in [0, 0.1) is 0 Å². The summed E-state index contributed by atoms with van der Waals surface area (Å²) in [6, 6.07) is 6.19. The summed E-state index contributed by atoms with van der Waals surface area (Å²) in [5, 5.41) is 11.1. The van der Waals surface area contributed by atoms with Crippen LogP contribution in [0.25, 0.3) is 10.9 Å². The summed E-state index contributed by atoms with van der Waals surface area (Å²) >= 11 is 0. The molecule has 3 rings (SSSR count). The van der Waals surface area contributed by atoms with Crippen molar-refractivity contribution >= 4 is 16.8 Å². The molecule has 1 unspecified atom stereocenters. The Morgan fingerprint density at radius 2 is 2.22 bits per heavy atom. The van der Waals surface area contributed by atoms with Crippen molar-refractivity contribution in [1.29, 1.82) is 0 Å². The molecule has 0 fully saturated rings. The minimum Gasteiger partial charge on any atom is -0.354 e. The van der Waals surface area contributed by atoms with Crippen LogP contribution in [0.3, 0.4) is 0 Å². The maximum Gasteiger partial charge on any atom is 0.278 e. The van der Waals surface area contributed by atoms with Gasteiger partial charge in [-0.25, -0.2) is 4.98 Å². The predicted octanol–water partition coefficient (Wildman–Crippen LogP) is 0.434. The number of nitrogens with zero attached hydrogens (tertiary/aromatic N) is 4. The number of aromatic nitrogens is 5. The molecule has 8 heteroatoms. The van der Waals surface area contributed by atoms with Gasteiger partial charge in [-0.3, -0.25) is 9.59 Å². The number of carbonyl (C=O) groups is 1. The van der Waals surface area contributed by atoms with E-state index in [4.69, 9.17) is 0 Å². The second kappa shape index (κ2) is 6.39. The van der Waals surface area contributed by atoms with Gasteiger partial charge in [0.1, 0.15) is 11.6 Å². The van der Waals surface area contributed by atoms with Gasteiger partial charge in [0.15, 0.2) is 0 Å². The first-order valence-corrected chi connectivity index (χ1v) is 7.26. The molecular weight excluding hydrogens is 296 g/mol. The van der Waals surface area contributed by atoms with Gasteiger partial charge in [-0.05, 0) is 19.1 Å². The van der Waals surface area contributed by atoms with Crippen molar-refractivity contribution in [2.24, 2.45) is 0 Å². The SMILES string of the molecule is CC(C(=O)NCCc1cnc[nH]1)n1nnc2ccccc2c1=O. The van der Waals surface area contributed by atoms with Crippen LogP contribution >= 0.6 is 0 Å². The third-order valence-corrected chi connectivity index (χ3v) is 3.59. The van der Waals surface area contributed by atoms with Gasteiger partial charge in [0.2, 0.25) is 5.91 Å². The second-order valence-electron chi connectivity index (χ2n) is 5.15. The zero-order valence-corrected chi connectivity index (χ0v) is 12.6. The van der Waals surface area contributed by atoms with Crippen LogP contribution in [0.5, 0.6) is 0 Å². The van der Waals surface area contributed by atoms with Crippen molar-refractivity contribution in [2.75, 3.05) is 6.54 Å². The molecular formula is C15H16N6O2. The first kappa shape index (κ1) is 14.9. The minimum absolute atomic E-state index is 0.281. The third kappa shape index (κ3) is 3.10. The van der Waals surface area contributed by atoms with E-state index in [1.165, 1.54) is 0 Å². The Kier molecular flexibility index (Phi) is 4.13. The fourth-order valence-electron chi connectivity index (χ4n) is 2.26. The Bertz CT molecular complexity index is 871. The van der Waals surface area contributed by atoms with Gasteiger partial charge in [0, 0.05) is 24.9 Å². The number of hydrogen-bond acceptors (Lipinski definition) is 5. The third-order valence-electron chi connectivity index (χ3n) is 3.59. The number of carbonyl (C=O) groups excluding carboxylic acids is 1. The van der Waals surface area contributed by atoms with Gasteiger partial charge in [-0.1, -0.05) is 17.3 Å². The standard InChI is InChI=1S/C15H16N6O2/c1-10(14(22)17-7-6-11-8-16-9-18-11)21-15(23)12-4-2-3-5-13(12)19-20-21/h2-5,8-10H,6-7H2,1H3,(H,16,18)(H,17,22). The number of H-pyrrole nitrogens is 1. The molecule has 8 nitrogen and oxygen atoms in total. The van der Waals surface area contributed by atoms with E-state index in [1.54, 1.807) is 43.7 Å². The zero-order valence-electron chi connectivity index (χ0n) is 12.6. The van der Waals surface area contributed by atoms with Gasteiger partial charge in [-0.2, -0.15) is 4.68 Å². The second-order valence-corrected chi connectivity index (χ2v) is 5.15. The van der Waals surface area contributed by atoms with Crippen molar-refractivity contribution in [3.05, 3.63) is 52.8 Å². The van der Waals surface area contributed by atoms with E-state index in [2.05, 4.69) is 25.6 Å². The summed E-state index contributed by atoms with van der Waals surface area (Å²) in [4.78, 5) is 31.5. The summed E-state index contributed by atoms with van der Waals surface area (Å²) in [6.07, 6.45) is 3.93. The molecule has 0 aliphatic carbocycles. The fraction of sp³-hybridized carbons (Fsp3) is 0.267. The van der Waals surface area contributed by atoms with E-state index in [1.807, 2.05) is 0 Å². The van der Waals surface area contributed by atoms with Crippen LogP contribution in [0.2, 0.25) is 0 Å². The first-order valence-electron chi connectivity index (χ1n) is 7.26. The molecule has 0 spiro atoms. The minimum atomic E-state index is -0.735. The topological polar surface area (TPSA) is 106 Å². The zero-order chi connectivity index (χ0) is 16.2. The number of nitrogens with one attached hydrogen (secondary N) is 2. The molecule has 2 aromatic heterocycles. The van der Waals surface area contributed by atoms with E-state index in [-0.39, 0.29) is 11.5 Å². The number of aromatic amines is 1. The highest BCUT2D eigenvalue weighted by atomic mass is 16.2. The molecule has 1 amide bonds. The Labute approximate surface area is 131 Å². The summed E-state index contributed by atoms with van der Waals surface area (Å²) in [5.41, 5.74) is 1.12. The van der Waals surface area contributed by atoms with Crippen LogP contribution in [0.1, 0.15) is 18.7 Å². The molecule has 3 aromatic rings. The molecule has 23 heavy (non-hydrogen) atoms. The van der Waals surface area contributed by atoms with Gasteiger partial charge in [0.05, 0.1) is 11.7 Å². The molecule has 118 valence electrons. The number of rotatable bonds is 5. The maximum absolute atomic E-state index is 12.4. The molecule has 2 N–H and O–H groups in total. The van der Waals surface area contributed by atoms with Crippen LogP contribution in [-0.4, -0.2) is 37.4 Å². The molecule has 0 saturated heterocycles. The Balaban J connectivity index is 1.72. The Hall–Kier alpha value is -3.03. The van der Waals surface area contributed by atoms with Gasteiger partial charge >= 0.3 is 0 Å². The average molecular weight is 312 g/mol. The van der Waals surface area contributed by atoms with Crippen molar-refractivity contribution in [3.8, 4) is 0 Å². The highest BCUT2D eigenvalue weighted by Gasteiger charge is 2.18. The van der Waals surface area contributed by atoms with E-state index in [0.29, 0.717) is 23.9 Å². The van der Waals surface area contributed by atoms with Gasteiger partial charge in [0.25, 0.3) is 5.56 Å². The van der Waals surface area contributed by atoms with E-state index in [0.717, 1.165) is 10.4 Å². The molecule has 0 aliphatic heterocycles. The highest BCUT2D eigenvalue weighted by molar-refractivity contribution is 5.81.